The van der Waals surface area contributed by atoms with E-state index in [2.05, 4.69) is 22.9 Å². The minimum Gasteiger partial charge on any atom is -0.424 e. The Kier molecular flexibility index (Phi) is 4.44. The molecule has 0 spiro atoms. The van der Waals surface area contributed by atoms with Crippen molar-refractivity contribution in [3.05, 3.63) is 83.1 Å². The maximum absolute atomic E-state index is 9.79. The molecule has 1 saturated carbocycles. The number of benzene rings is 1. The van der Waals surface area contributed by atoms with Crippen LogP contribution >= 0.6 is 0 Å². The molecule has 28 heavy (non-hydrogen) atoms. The molecule has 0 bridgehead atoms. The summed E-state index contributed by atoms with van der Waals surface area (Å²) in [6.45, 7) is 6.28. The third kappa shape index (κ3) is 2.95. The van der Waals surface area contributed by atoms with Crippen LogP contribution in [0.2, 0.25) is 0 Å². The Morgan fingerprint density at radius 1 is 1.36 bits per heavy atom. The number of hydrogen-bond donors (Lipinski definition) is 2. The predicted molar refractivity (Wildman–Crippen MR) is 107 cm³/mol. The van der Waals surface area contributed by atoms with Gasteiger partial charge >= 0.3 is 0 Å². The van der Waals surface area contributed by atoms with Crippen molar-refractivity contribution < 1.29 is 4.74 Å². The zero-order valence-electron chi connectivity index (χ0n) is 16.1. The summed E-state index contributed by atoms with van der Waals surface area (Å²) in [5.41, 5.74) is 10.4. The number of aromatic nitrogens is 2. The van der Waals surface area contributed by atoms with Gasteiger partial charge in [0.2, 0.25) is 5.88 Å². The summed E-state index contributed by atoms with van der Waals surface area (Å²) in [5, 5.41) is 12.9. The molecule has 2 heterocycles. The lowest BCUT2D eigenvalue weighted by Gasteiger charge is -2.30. The molecule has 4 rings (SSSR count). The highest BCUT2D eigenvalue weighted by Gasteiger charge is 2.38. The van der Waals surface area contributed by atoms with E-state index in [4.69, 9.17) is 10.5 Å². The maximum Gasteiger partial charge on any atom is 0.207 e. The van der Waals surface area contributed by atoms with Gasteiger partial charge in [-0.15, -0.1) is 0 Å². The van der Waals surface area contributed by atoms with Crippen LogP contribution in [0.25, 0.3) is 5.69 Å². The van der Waals surface area contributed by atoms with Crippen LogP contribution in [-0.2, 0) is 4.74 Å². The van der Waals surface area contributed by atoms with Crippen LogP contribution in [0.1, 0.15) is 30.1 Å². The van der Waals surface area contributed by atoms with Gasteiger partial charge in [-0.25, -0.2) is 4.98 Å². The molecule has 1 unspecified atom stereocenters. The molecule has 3 N–H and O–H groups in total. The number of aryl methyl sites for hydroxylation is 1. The highest BCUT2D eigenvalue weighted by molar-refractivity contribution is 5.56. The molecule has 1 aromatic carbocycles. The molecule has 2 aliphatic rings. The first-order valence-corrected chi connectivity index (χ1v) is 9.34. The zero-order valence-corrected chi connectivity index (χ0v) is 16.1. The highest BCUT2D eigenvalue weighted by Crippen LogP contribution is 2.48. The smallest absolute Gasteiger partial charge is 0.207 e. The minimum atomic E-state index is -0.299. The van der Waals surface area contributed by atoms with Gasteiger partial charge in [0, 0.05) is 30.7 Å². The van der Waals surface area contributed by atoms with E-state index in [-0.39, 0.29) is 11.8 Å². The lowest BCUT2D eigenvalue weighted by molar-refractivity contribution is 0.256. The first-order chi connectivity index (χ1) is 13.5. The number of nitrogens with two attached hydrogens (primary N) is 1. The van der Waals surface area contributed by atoms with Crippen molar-refractivity contribution in [1.29, 1.82) is 5.26 Å². The predicted octanol–water partition coefficient (Wildman–Crippen LogP) is 3.39. The molecule has 6 nitrogen and oxygen atoms in total. The van der Waals surface area contributed by atoms with E-state index < -0.39 is 0 Å². The first kappa shape index (κ1) is 17.9. The van der Waals surface area contributed by atoms with Gasteiger partial charge < -0.3 is 20.4 Å². The van der Waals surface area contributed by atoms with E-state index in [1.807, 2.05) is 42.0 Å². The molecule has 1 atom stereocenters. The number of ether oxygens (including phenoxy) is 1. The molecular weight excluding hydrogens is 350 g/mol. The average Bonchev–Trinajstić information content (AvgIpc) is 3.47. The van der Waals surface area contributed by atoms with Crippen molar-refractivity contribution in [3.8, 4) is 11.8 Å². The molecule has 2 aromatic rings. The number of allylic oxidation sites excluding steroid dienone is 3. The van der Waals surface area contributed by atoms with Crippen LogP contribution < -0.4 is 11.1 Å². The lowest BCUT2D eigenvalue weighted by Crippen LogP contribution is -2.27. The van der Waals surface area contributed by atoms with Crippen molar-refractivity contribution in [2.75, 3.05) is 7.05 Å². The standard InChI is InChI=1S/C22H23N5O/c1-13(15-4-5-15)19-20(18(12-23)21(24)28-22(19)25-3)16-6-8-17(9-7-16)27-11-10-26-14(27)2/h6-11,15,20,25H,1,4-5,24H2,2-3H3. The normalized spacial score (nSPS) is 19.2. The molecule has 1 fully saturated rings. The molecule has 1 aliphatic heterocycles. The molecule has 142 valence electrons. The summed E-state index contributed by atoms with van der Waals surface area (Å²) in [4.78, 5) is 4.28. The van der Waals surface area contributed by atoms with E-state index in [0.29, 0.717) is 17.4 Å². The molecule has 6 heteroatoms. The van der Waals surface area contributed by atoms with Gasteiger partial charge in [0.25, 0.3) is 0 Å². The third-order valence-electron chi connectivity index (χ3n) is 5.39. The fraction of sp³-hybridized carbons (Fsp3) is 0.273. The summed E-state index contributed by atoms with van der Waals surface area (Å²) < 4.78 is 7.75. The number of nitrogens with one attached hydrogen (secondary N) is 1. The molecule has 0 radical (unpaired) electrons. The third-order valence-corrected chi connectivity index (χ3v) is 5.39. The fourth-order valence-corrected chi connectivity index (χ4v) is 3.74. The Hall–Kier alpha value is -3.46. The van der Waals surface area contributed by atoms with E-state index in [1.165, 1.54) is 0 Å². The molecular formula is C22H23N5O. The second kappa shape index (κ2) is 6.93. The second-order valence-corrected chi connectivity index (χ2v) is 7.15. The molecule has 0 saturated heterocycles. The van der Waals surface area contributed by atoms with Gasteiger partial charge in [-0.1, -0.05) is 18.7 Å². The van der Waals surface area contributed by atoms with Crippen LogP contribution in [0.5, 0.6) is 0 Å². The van der Waals surface area contributed by atoms with Gasteiger partial charge in [-0.3, -0.25) is 0 Å². The SMILES string of the molecule is C=C(C1=C(NC)OC(N)=C(C#N)C1c1ccc(-n2ccnc2C)cc1)C1CC1. The summed E-state index contributed by atoms with van der Waals surface area (Å²) >= 11 is 0. The molecule has 1 aromatic heterocycles. The minimum absolute atomic E-state index is 0.138. The van der Waals surface area contributed by atoms with Gasteiger partial charge in [-0.2, -0.15) is 5.26 Å². The number of imidazole rings is 1. The maximum atomic E-state index is 9.79. The quantitative estimate of drug-likeness (QED) is 0.839. The van der Waals surface area contributed by atoms with Crippen LogP contribution in [0.3, 0.4) is 0 Å². The van der Waals surface area contributed by atoms with Crippen LogP contribution in [-0.4, -0.2) is 16.6 Å². The molecule has 1 aliphatic carbocycles. The van der Waals surface area contributed by atoms with Gasteiger partial charge in [0.05, 0.1) is 5.92 Å². The zero-order chi connectivity index (χ0) is 19.8. The van der Waals surface area contributed by atoms with Crippen molar-refractivity contribution in [1.82, 2.24) is 14.9 Å². The van der Waals surface area contributed by atoms with Crippen molar-refractivity contribution >= 4 is 0 Å². The highest BCUT2D eigenvalue weighted by atomic mass is 16.5. The van der Waals surface area contributed by atoms with Gasteiger partial charge in [0.1, 0.15) is 17.5 Å². The topological polar surface area (TPSA) is 88.9 Å². The Balaban J connectivity index is 1.80. The number of nitriles is 1. The van der Waals surface area contributed by atoms with Crippen molar-refractivity contribution in [2.24, 2.45) is 11.7 Å². The van der Waals surface area contributed by atoms with E-state index >= 15 is 0 Å². The monoisotopic (exact) mass is 373 g/mol. The Labute approximate surface area is 164 Å². The van der Waals surface area contributed by atoms with Crippen LogP contribution in [0, 0.1) is 24.2 Å². The second-order valence-electron chi connectivity index (χ2n) is 7.15. The van der Waals surface area contributed by atoms with Crippen LogP contribution in [0.15, 0.2) is 71.7 Å². The Morgan fingerprint density at radius 3 is 2.61 bits per heavy atom. The number of hydrogen-bond acceptors (Lipinski definition) is 5. The van der Waals surface area contributed by atoms with Crippen molar-refractivity contribution in [3.63, 3.8) is 0 Å². The average molecular weight is 373 g/mol. The van der Waals surface area contributed by atoms with E-state index in [9.17, 15) is 5.26 Å². The fourth-order valence-electron chi connectivity index (χ4n) is 3.74. The van der Waals surface area contributed by atoms with Gasteiger partial charge in [-0.05, 0) is 49.0 Å². The van der Waals surface area contributed by atoms with Crippen LogP contribution in [0.4, 0.5) is 0 Å². The Bertz CT molecular complexity index is 1030. The Morgan fingerprint density at radius 2 is 2.07 bits per heavy atom. The largest absolute Gasteiger partial charge is 0.424 e. The summed E-state index contributed by atoms with van der Waals surface area (Å²) in [5.74, 6) is 1.77. The number of rotatable bonds is 5. The summed E-state index contributed by atoms with van der Waals surface area (Å²) in [6.07, 6.45) is 5.94. The van der Waals surface area contributed by atoms with E-state index in [1.54, 1.807) is 13.2 Å². The van der Waals surface area contributed by atoms with E-state index in [0.717, 1.165) is 41.1 Å². The van der Waals surface area contributed by atoms with Gasteiger partial charge in [0.15, 0.2) is 5.88 Å². The first-order valence-electron chi connectivity index (χ1n) is 9.34. The number of nitrogens with zero attached hydrogens (tertiary/aromatic N) is 3. The molecule has 0 amide bonds. The summed E-state index contributed by atoms with van der Waals surface area (Å²) in [7, 11) is 1.79. The lowest BCUT2D eigenvalue weighted by atomic mass is 9.79. The summed E-state index contributed by atoms with van der Waals surface area (Å²) in [6, 6.07) is 10.4. The van der Waals surface area contributed by atoms with Crippen molar-refractivity contribution in [2.45, 2.75) is 25.7 Å².